The first kappa shape index (κ1) is 18.7. The number of hydrogen-bond acceptors (Lipinski definition) is 6. The van der Waals surface area contributed by atoms with Gasteiger partial charge in [-0.2, -0.15) is 0 Å². The minimum absolute atomic E-state index is 0.489. The van der Waals surface area contributed by atoms with E-state index in [9.17, 15) is 0 Å². The Hall–Kier alpha value is -3.61. The number of allylic oxidation sites excluding steroid dienone is 1. The Balaban J connectivity index is 1.65. The lowest BCUT2D eigenvalue weighted by Gasteiger charge is -2.06. The van der Waals surface area contributed by atoms with Crippen LogP contribution in [0.15, 0.2) is 59.9 Å². The van der Waals surface area contributed by atoms with Crippen LogP contribution in [0.2, 0.25) is 0 Å². The summed E-state index contributed by atoms with van der Waals surface area (Å²) in [7, 11) is 0. The van der Waals surface area contributed by atoms with Crippen molar-refractivity contribution in [3.8, 4) is 0 Å². The van der Waals surface area contributed by atoms with E-state index in [4.69, 9.17) is 10.7 Å². The monoisotopic (exact) mass is 385 g/mol. The normalized spacial score (nSPS) is 12.6. The third-order valence-electron chi connectivity index (χ3n) is 4.54. The van der Waals surface area contributed by atoms with Crippen LogP contribution >= 0.6 is 0 Å². The number of benzene rings is 1. The minimum atomic E-state index is 0.489. The van der Waals surface area contributed by atoms with Gasteiger partial charge in [-0.05, 0) is 41.8 Å². The van der Waals surface area contributed by atoms with Gasteiger partial charge in [0.1, 0.15) is 5.52 Å². The number of fused-ring (bicyclic) bond motifs is 2. The molecule has 0 atom stereocenters. The molecular formula is C22H23N7. The molecule has 0 unspecified atom stereocenters. The van der Waals surface area contributed by atoms with Crippen molar-refractivity contribution >= 4 is 33.9 Å². The molecule has 0 aliphatic heterocycles. The summed E-state index contributed by atoms with van der Waals surface area (Å²) < 4.78 is 1.80. The number of pyridine rings is 2. The number of nitrogens with two attached hydrogens (primary N) is 1. The highest BCUT2D eigenvalue weighted by atomic mass is 15.4. The summed E-state index contributed by atoms with van der Waals surface area (Å²) >= 11 is 0. The maximum Gasteiger partial charge on any atom is 0.179 e. The zero-order valence-electron chi connectivity index (χ0n) is 16.5. The number of aliphatic imine (C=N–C) groups is 1. The Bertz CT molecular complexity index is 1200. The Morgan fingerprint density at radius 3 is 2.86 bits per heavy atom. The van der Waals surface area contributed by atoms with E-state index < -0.39 is 0 Å². The summed E-state index contributed by atoms with van der Waals surface area (Å²) in [6.07, 6.45) is 5.10. The van der Waals surface area contributed by atoms with Gasteiger partial charge in [-0.1, -0.05) is 31.2 Å². The van der Waals surface area contributed by atoms with Gasteiger partial charge < -0.3 is 5.73 Å². The average Bonchev–Trinajstić information content (AvgIpc) is 3.13. The Kier molecular flexibility index (Phi) is 5.29. The fourth-order valence-electron chi connectivity index (χ4n) is 3.07. The van der Waals surface area contributed by atoms with Crippen molar-refractivity contribution in [1.29, 1.82) is 0 Å². The molecule has 2 N–H and O–H groups in total. The first-order chi connectivity index (χ1) is 14.1. The molecule has 0 saturated carbocycles. The van der Waals surface area contributed by atoms with E-state index in [1.807, 2.05) is 24.3 Å². The molecule has 7 nitrogen and oxygen atoms in total. The van der Waals surface area contributed by atoms with Crippen LogP contribution in [0.1, 0.15) is 25.1 Å². The van der Waals surface area contributed by atoms with Crippen molar-refractivity contribution < 1.29 is 0 Å². The highest BCUT2D eigenvalue weighted by Gasteiger charge is 2.10. The maximum absolute atomic E-state index is 5.82. The Labute approximate surface area is 169 Å². The largest absolute Gasteiger partial charge is 0.404 e. The fourth-order valence-corrected chi connectivity index (χ4v) is 3.07. The van der Waals surface area contributed by atoms with Crippen LogP contribution in [0.3, 0.4) is 0 Å². The van der Waals surface area contributed by atoms with Gasteiger partial charge in [0.25, 0.3) is 0 Å². The molecule has 0 bridgehead atoms. The number of hydrogen-bond donors (Lipinski definition) is 1. The van der Waals surface area contributed by atoms with Crippen LogP contribution in [0, 0.1) is 5.92 Å². The number of rotatable bonds is 6. The predicted molar refractivity (Wildman–Crippen MR) is 117 cm³/mol. The zero-order chi connectivity index (χ0) is 20.2. The second-order valence-corrected chi connectivity index (χ2v) is 7.33. The second kappa shape index (κ2) is 8.18. The smallest absolute Gasteiger partial charge is 0.179 e. The van der Waals surface area contributed by atoms with Gasteiger partial charge in [0, 0.05) is 36.1 Å². The van der Waals surface area contributed by atoms with Gasteiger partial charge in [-0.25, -0.2) is 9.67 Å². The molecule has 0 spiro atoms. The lowest BCUT2D eigenvalue weighted by Crippen LogP contribution is -2.04. The number of nitrogens with zero attached hydrogens (tertiary/aromatic N) is 6. The van der Waals surface area contributed by atoms with Crippen LogP contribution in [0.4, 0.5) is 0 Å². The third kappa shape index (κ3) is 4.13. The number of aromatic nitrogens is 5. The highest BCUT2D eigenvalue weighted by Crippen LogP contribution is 2.18. The van der Waals surface area contributed by atoms with Gasteiger partial charge >= 0.3 is 0 Å². The van der Waals surface area contributed by atoms with E-state index in [1.165, 1.54) is 6.20 Å². The average molecular weight is 385 g/mol. The molecule has 7 heteroatoms. The van der Waals surface area contributed by atoms with Crippen molar-refractivity contribution in [3.05, 3.63) is 66.1 Å². The molecule has 0 amide bonds. The Morgan fingerprint density at radius 1 is 1.17 bits per heavy atom. The second-order valence-electron chi connectivity index (χ2n) is 7.33. The summed E-state index contributed by atoms with van der Waals surface area (Å²) in [6.45, 7) is 5.57. The molecule has 4 rings (SSSR count). The summed E-state index contributed by atoms with van der Waals surface area (Å²) in [5, 5.41) is 9.62. The molecule has 146 valence electrons. The molecule has 1 aromatic carbocycles. The van der Waals surface area contributed by atoms with Crippen LogP contribution in [0.25, 0.3) is 27.6 Å². The zero-order valence-corrected chi connectivity index (χ0v) is 16.5. The van der Waals surface area contributed by atoms with Crippen LogP contribution in [-0.2, 0) is 6.54 Å². The lowest BCUT2D eigenvalue weighted by atomic mass is 10.1. The molecular weight excluding hydrogens is 362 g/mol. The van der Waals surface area contributed by atoms with Gasteiger partial charge in [0.2, 0.25) is 0 Å². The summed E-state index contributed by atoms with van der Waals surface area (Å²) in [4.78, 5) is 13.6. The Morgan fingerprint density at radius 2 is 2.03 bits per heavy atom. The molecule has 0 fully saturated rings. The van der Waals surface area contributed by atoms with Crippen molar-refractivity contribution in [1.82, 2.24) is 25.0 Å². The molecule has 29 heavy (non-hydrogen) atoms. The van der Waals surface area contributed by atoms with Crippen LogP contribution in [0.5, 0.6) is 0 Å². The summed E-state index contributed by atoms with van der Waals surface area (Å²) in [6, 6.07) is 14.0. The van der Waals surface area contributed by atoms with E-state index in [-0.39, 0.29) is 0 Å². The van der Waals surface area contributed by atoms with Crippen LogP contribution in [-0.4, -0.2) is 37.7 Å². The van der Waals surface area contributed by atoms with Crippen molar-refractivity contribution in [3.63, 3.8) is 0 Å². The van der Waals surface area contributed by atoms with Crippen LogP contribution < -0.4 is 5.73 Å². The van der Waals surface area contributed by atoms with Crippen molar-refractivity contribution in [2.75, 3.05) is 6.54 Å². The fraction of sp³-hybridized carbons (Fsp3) is 0.227. The van der Waals surface area contributed by atoms with E-state index in [0.717, 1.165) is 39.8 Å². The van der Waals surface area contributed by atoms with Gasteiger partial charge in [-0.15, -0.1) is 5.10 Å². The minimum Gasteiger partial charge on any atom is -0.404 e. The third-order valence-corrected chi connectivity index (χ3v) is 4.54. The highest BCUT2D eigenvalue weighted by molar-refractivity contribution is 6.09. The maximum atomic E-state index is 5.82. The van der Waals surface area contributed by atoms with Gasteiger partial charge in [-0.3, -0.25) is 9.98 Å². The standard InChI is InChI=1S/C22H23N7/c1-15(2)12-24-13-18(11-23)20-7-8-21-22(26-20)29(28-27-21)14-16-5-6-19-17(10-16)4-3-9-25-19/h3-11,13,15H,12,14,23H2,1-2H3. The molecule has 0 radical (unpaired) electrons. The molecule has 0 aliphatic rings. The quantitative estimate of drug-likeness (QED) is 0.513. The first-order valence-corrected chi connectivity index (χ1v) is 9.60. The molecule has 3 heterocycles. The van der Waals surface area contributed by atoms with E-state index in [1.54, 1.807) is 17.1 Å². The topological polar surface area (TPSA) is 94.9 Å². The first-order valence-electron chi connectivity index (χ1n) is 9.60. The van der Waals surface area contributed by atoms with E-state index in [0.29, 0.717) is 18.1 Å². The molecule has 3 aromatic heterocycles. The van der Waals surface area contributed by atoms with Gasteiger partial charge in [0.15, 0.2) is 5.65 Å². The summed E-state index contributed by atoms with van der Waals surface area (Å²) in [5.41, 5.74) is 10.9. The summed E-state index contributed by atoms with van der Waals surface area (Å²) in [5.74, 6) is 0.489. The lowest BCUT2D eigenvalue weighted by molar-refractivity contribution is 0.664. The molecule has 0 saturated heterocycles. The molecule has 4 aromatic rings. The van der Waals surface area contributed by atoms with Gasteiger partial charge in [0.05, 0.1) is 17.8 Å². The van der Waals surface area contributed by atoms with Crippen molar-refractivity contribution in [2.45, 2.75) is 20.4 Å². The van der Waals surface area contributed by atoms with E-state index >= 15 is 0 Å². The van der Waals surface area contributed by atoms with Crippen molar-refractivity contribution in [2.24, 2.45) is 16.6 Å². The SMILES string of the molecule is CC(C)CN=CC(=CN)c1ccc2nnn(Cc3ccc4ncccc4c3)c2n1. The van der Waals surface area contributed by atoms with E-state index in [2.05, 4.69) is 52.3 Å². The predicted octanol–water partition coefficient (Wildman–Crippen LogP) is 3.45. The molecule has 0 aliphatic carbocycles.